The first-order valence-corrected chi connectivity index (χ1v) is 2.47. The second kappa shape index (κ2) is 4.37. The summed E-state index contributed by atoms with van der Waals surface area (Å²) in [5.41, 5.74) is 4.67. The fraction of sp³-hybridized carbons (Fsp3) is 0.200. The number of hydrogen-bond acceptors (Lipinski definition) is 3. The minimum absolute atomic E-state index is 0.547. The Labute approximate surface area is 57.8 Å². The number of carbonyl (C=O) groups excluding carboxylic acids is 2. The topological polar surface area (TPSA) is 81.4 Å². The van der Waals surface area contributed by atoms with Crippen molar-refractivity contribution in [3.63, 3.8) is 0 Å². The van der Waals surface area contributed by atoms with Gasteiger partial charge in [-0.3, -0.25) is 0 Å². The third-order valence-corrected chi connectivity index (χ3v) is 0.646. The van der Waals surface area contributed by atoms with Crippen LogP contribution in [0.15, 0.2) is 12.3 Å². The zero-order valence-corrected chi connectivity index (χ0v) is 5.46. The van der Waals surface area contributed by atoms with E-state index in [9.17, 15) is 9.59 Å². The highest BCUT2D eigenvalue weighted by Gasteiger charge is 1.89. The third-order valence-electron chi connectivity index (χ3n) is 0.646. The molecule has 0 heterocycles. The van der Waals surface area contributed by atoms with E-state index in [0.717, 1.165) is 12.3 Å². The Morgan fingerprint density at radius 1 is 1.60 bits per heavy atom. The summed E-state index contributed by atoms with van der Waals surface area (Å²) in [6, 6.07) is -0.722. The molecule has 10 heavy (non-hydrogen) atoms. The zero-order valence-electron chi connectivity index (χ0n) is 5.46. The molecule has 0 rings (SSSR count). The summed E-state index contributed by atoms with van der Waals surface area (Å²) in [6.07, 6.45) is 2.15. The molecule has 0 aliphatic rings. The Kier molecular flexibility index (Phi) is 3.70. The van der Waals surface area contributed by atoms with Gasteiger partial charge in [0.2, 0.25) is 0 Å². The van der Waals surface area contributed by atoms with Gasteiger partial charge in [0, 0.05) is 12.3 Å². The Morgan fingerprint density at radius 3 is 2.60 bits per heavy atom. The predicted octanol–water partition coefficient (Wildman–Crippen LogP) is -0.659. The summed E-state index contributed by atoms with van der Waals surface area (Å²) in [5.74, 6) is -0.547. The Balaban J connectivity index is 3.56. The van der Waals surface area contributed by atoms with Crippen LogP contribution in [0.3, 0.4) is 0 Å². The maximum absolute atomic E-state index is 10.3. The first-order chi connectivity index (χ1) is 4.66. The van der Waals surface area contributed by atoms with Crippen molar-refractivity contribution in [3.05, 3.63) is 12.3 Å². The predicted molar refractivity (Wildman–Crippen MR) is 33.9 cm³/mol. The molecule has 0 unspecified atom stereocenters. The molecule has 5 nitrogen and oxygen atoms in total. The first-order valence-electron chi connectivity index (χ1n) is 2.47. The molecule has 56 valence electrons. The maximum atomic E-state index is 10.3. The Bertz CT molecular complexity index is 164. The monoisotopic (exact) mass is 144 g/mol. The normalized spacial score (nSPS) is 9.30. The van der Waals surface area contributed by atoms with Crippen molar-refractivity contribution >= 4 is 12.0 Å². The van der Waals surface area contributed by atoms with Gasteiger partial charge in [0.05, 0.1) is 7.11 Å². The minimum Gasteiger partial charge on any atom is -0.466 e. The van der Waals surface area contributed by atoms with Crippen molar-refractivity contribution in [3.8, 4) is 0 Å². The first kappa shape index (κ1) is 8.48. The van der Waals surface area contributed by atoms with E-state index >= 15 is 0 Å². The molecule has 0 saturated heterocycles. The van der Waals surface area contributed by atoms with Crippen LogP contribution in [0, 0.1) is 0 Å². The summed E-state index contributed by atoms with van der Waals surface area (Å²) in [7, 11) is 1.23. The molecule has 0 bridgehead atoms. The van der Waals surface area contributed by atoms with E-state index in [-0.39, 0.29) is 0 Å². The third kappa shape index (κ3) is 4.63. The number of nitrogens with two attached hydrogens (primary N) is 1. The van der Waals surface area contributed by atoms with Crippen LogP contribution in [-0.2, 0) is 9.53 Å². The average molecular weight is 144 g/mol. The van der Waals surface area contributed by atoms with Gasteiger partial charge in [0.25, 0.3) is 0 Å². The van der Waals surface area contributed by atoms with Gasteiger partial charge < -0.3 is 15.8 Å². The van der Waals surface area contributed by atoms with E-state index in [0.29, 0.717) is 0 Å². The van der Waals surface area contributed by atoms with Gasteiger partial charge in [0.15, 0.2) is 0 Å². The molecular weight excluding hydrogens is 136 g/mol. The lowest BCUT2D eigenvalue weighted by molar-refractivity contribution is -0.134. The van der Waals surface area contributed by atoms with Crippen molar-refractivity contribution < 1.29 is 14.3 Å². The quantitative estimate of drug-likeness (QED) is 0.398. The van der Waals surface area contributed by atoms with Crippen molar-refractivity contribution in [2.24, 2.45) is 5.73 Å². The van der Waals surface area contributed by atoms with Crippen LogP contribution in [0.1, 0.15) is 0 Å². The molecule has 0 atom stereocenters. The number of hydrogen-bond donors (Lipinski definition) is 2. The van der Waals surface area contributed by atoms with E-state index in [4.69, 9.17) is 0 Å². The SMILES string of the molecule is COC(=O)C=CNC(N)=O. The van der Waals surface area contributed by atoms with Gasteiger partial charge in [0.1, 0.15) is 0 Å². The van der Waals surface area contributed by atoms with Crippen molar-refractivity contribution in [1.29, 1.82) is 0 Å². The lowest BCUT2D eigenvalue weighted by Crippen LogP contribution is -2.24. The van der Waals surface area contributed by atoms with E-state index < -0.39 is 12.0 Å². The van der Waals surface area contributed by atoms with Crippen LogP contribution in [0.5, 0.6) is 0 Å². The molecule has 3 N–H and O–H groups in total. The van der Waals surface area contributed by atoms with E-state index in [2.05, 4.69) is 15.8 Å². The van der Waals surface area contributed by atoms with Gasteiger partial charge in [-0.15, -0.1) is 0 Å². The lowest BCUT2D eigenvalue weighted by Gasteiger charge is -1.90. The van der Waals surface area contributed by atoms with Crippen LogP contribution in [0.4, 0.5) is 4.79 Å². The van der Waals surface area contributed by atoms with Gasteiger partial charge in [-0.2, -0.15) is 0 Å². The lowest BCUT2D eigenvalue weighted by atomic mass is 10.6. The molecule has 0 aromatic rings. The standard InChI is InChI=1S/C5H8N2O3/c1-10-4(8)2-3-7-5(6)9/h2-3H,1H3,(H3,6,7,9). The van der Waals surface area contributed by atoms with Crippen molar-refractivity contribution in [2.45, 2.75) is 0 Å². The number of nitrogens with one attached hydrogen (secondary N) is 1. The largest absolute Gasteiger partial charge is 0.466 e. The molecule has 0 aliphatic heterocycles. The molecule has 0 aromatic heterocycles. The molecule has 0 aliphatic carbocycles. The molecule has 0 fully saturated rings. The number of rotatable bonds is 2. The molecule has 0 radical (unpaired) electrons. The number of amides is 2. The molecule has 5 heteroatoms. The fourth-order valence-corrected chi connectivity index (χ4v) is 0.260. The zero-order chi connectivity index (χ0) is 7.98. The molecule has 0 spiro atoms. The molecule has 0 saturated carbocycles. The number of primary amides is 1. The average Bonchev–Trinajstić information content (AvgIpc) is 1.87. The highest BCUT2D eigenvalue weighted by atomic mass is 16.5. The summed E-state index contributed by atoms with van der Waals surface area (Å²) in [4.78, 5) is 20.3. The van der Waals surface area contributed by atoms with Crippen molar-refractivity contribution in [2.75, 3.05) is 7.11 Å². The smallest absolute Gasteiger partial charge is 0.331 e. The van der Waals surface area contributed by atoms with Gasteiger partial charge in [-0.05, 0) is 0 Å². The highest BCUT2D eigenvalue weighted by molar-refractivity contribution is 5.82. The summed E-state index contributed by atoms with van der Waals surface area (Å²) >= 11 is 0. The number of ether oxygens (including phenoxy) is 1. The molecule has 0 aromatic carbocycles. The van der Waals surface area contributed by atoms with Gasteiger partial charge >= 0.3 is 12.0 Å². The maximum Gasteiger partial charge on any atom is 0.331 e. The molecular formula is C5H8N2O3. The summed E-state index contributed by atoms with van der Waals surface area (Å²) in [5, 5.41) is 2.07. The number of carbonyl (C=O) groups is 2. The molecule has 2 amide bonds. The summed E-state index contributed by atoms with van der Waals surface area (Å²) in [6.45, 7) is 0. The Morgan fingerprint density at radius 2 is 2.20 bits per heavy atom. The van der Waals surface area contributed by atoms with Gasteiger partial charge in [-0.1, -0.05) is 0 Å². The van der Waals surface area contributed by atoms with Crippen LogP contribution in [0.2, 0.25) is 0 Å². The Hall–Kier alpha value is -1.52. The second-order valence-corrected chi connectivity index (χ2v) is 1.37. The summed E-state index contributed by atoms with van der Waals surface area (Å²) < 4.78 is 4.21. The van der Waals surface area contributed by atoms with E-state index in [1.54, 1.807) is 0 Å². The minimum atomic E-state index is -0.722. The highest BCUT2D eigenvalue weighted by Crippen LogP contribution is 1.73. The number of urea groups is 1. The van der Waals surface area contributed by atoms with Crippen LogP contribution in [-0.4, -0.2) is 19.1 Å². The fourth-order valence-electron chi connectivity index (χ4n) is 0.260. The second-order valence-electron chi connectivity index (χ2n) is 1.37. The van der Waals surface area contributed by atoms with Gasteiger partial charge in [-0.25, -0.2) is 9.59 Å². The van der Waals surface area contributed by atoms with E-state index in [1.165, 1.54) is 7.11 Å². The van der Waals surface area contributed by atoms with Crippen LogP contribution >= 0.6 is 0 Å². The van der Waals surface area contributed by atoms with E-state index in [1.807, 2.05) is 0 Å². The number of methoxy groups -OCH3 is 1. The van der Waals surface area contributed by atoms with Crippen molar-refractivity contribution in [1.82, 2.24) is 5.32 Å². The van der Waals surface area contributed by atoms with Crippen LogP contribution in [0.25, 0.3) is 0 Å². The van der Waals surface area contributed by atoms with Crippen LogP contribution < -0.4 is 11.1 Å². The number of esters is 1.